The van der Waals surface area contributed by atoms with E-state index in [1.54, 1.807) is 24.3 Å². The Morgan fingerprint density at radius 2 is 1.81 bits per heavy atom. The highest BCUT2D eigenvalue weighted by Crippen LogP contribution is 2.27. The molecule has 1 unspecified atom stereocenters. The van der Waals surface area contributed by atoms with Crippen molar-refractivity contribution in [1.82, 2.24) is 0 Å². The molecule has 1 amide bonds. The smallest absolute Gasteiger partial charge is 0.316 e. The summed E-state index contributed by atoms with van der Waals surface area (Å²) < 4.78 is 27.0. The predicted octanol–water partition coefficient (Wildman–Crippen LogP) is 2.27. The fraction of sp³-hybridized carbons (Fsp3) is 0.167. The van der Waals surface area contributed by atoms with Crippen molar-refractivity contribution in [3.63, 3.8) is 0 Å². The third kappa shape index (κ3) is 3.45. The Hall–Kier alpha value is -3.13. The number of halogens is 2. The van der Waals surface area contributed by atoms with Gasteiger partial charge in [-0.3, -0.25) is 9.59 Å². The number of aliphatic carboxylic acids is 1. The summed E-state index contributed by atoms with van der Waals surface area (Å²) in [4.78, 5) is 23.9. The molecular weight excluding hydrogens is 344 g/mol. The molecule has 3 rings (SSSR count). The third-order valence-electron chi connectivity index (χ3n) is 4.04. The highest BCUT2D eigenvalue weighted by Gasteiger charge is 2.37. The number of hydrazone groups is 1. The van der Waals surface area contributed by atoms with Crippen LogP contribution in [-0.4, -0.2) is 22.7 Å². The van der Waals surface area contributed by atoms with E-state index in [-0.39, 0.29) is 12.1 Å². The van der Waals surface area contributed by atoms with E-state index in [9.17, 15) is 23.5 Å². The first kappa shape index (κ1) is 17.7. The van der Waals surface area contributed by atoms with Gasteiger partial charge in [-0.05, 0) is 23.3 Å². The van der Waals surface area contributed by atoms with Crippen LogP contribution in [0.25, 0.3) is 0 Å². The standard InChI is InChI=1S/C18H15F2N3O3/c19-12-5-13(20)7-14(6-12)23-17(24)15(18(25)26)8-16(22-23)11-3-1-10(9-21)2-4-11/h1-7,15H,8-9,21H2,(H,25,26). The molecule has 0 spiro atoms. The SMILES string of the molecule is NCc1ccc(C2=NN(c3cc(F)cc(F)c3)C(=O)C(C(=O)O)C2)cc1. The fourth-order valence-electron chi connectivity index (χ4n) is 2.69. The van der Waals surface area contributed by atoms with Crippen LogP contribution in [0.15, 0.2) is 47.6 Å². The van der Waals surface area contributed by atoms with Crippen LogP contribution < -0.4 is 10.7 Å². The van der Waals surface area contributed by atoms with Gasteiger partial charge >= 0.3 is 5.97 Å². The first-order chi connectivity index (χ1) is 12.4. The van der Waals surface area contributed by atoms with Gasteiger partial charge in [-0.15, -0.1) is 0 Å². The molecule has 0 fully saturated rings. The van der Waals surface area contributed by atoms with Gasteiger partial charge in [0.25, 0.3) is 5.91 Å². The zero-order chi connectivity index (χ0) is 18.8. The lowest BCUT2D eigenvalue weighted by Crippen LogP contribution is -2.42. The molecule has 1 aliphatic rings. The molecule has 1 heterocycles. The Kier molecular flexibility index (Phi) is 4.77. The average molecular weight is 359 g/mol. The number of nitrogens with zero attached hydrogens (tertiary/aromatic N) is 2. The Bertz CT molecular complexity index is 877. The van der Waals surface area contributed by atoms with Gasteiger partial charge < -0.3 is 10.8 Å². The number of carbonyl (C=O) groups excluding carboxylic acids is 1. The Morgan fingerprint density at radius 3 is 2.35 bits per heavy atom. The fourth-order valence-corrected chi connectivity index (χ4v) is 2.69. The first-order valence-electron chi connectivity index (χ1n) is 7.79. The summed E-state index contributed by atoms with van der Waals surface area (Å²) in [5, 5.41) is 14.2. The molecular formula is C18H15F2N3O3. The van der Waals surface area contributed by atoms with Crippen LogP contribution in [0.2, 0.25) is 0 Å². The highest BCUT2D eigenvalue weighted by atomic mass is 19.1. The Morgan fingerprint density at radius 1 is 1.19 bits per heavy atom. The van der Waals surface area contributed by atoms with E-state index in [1.807, 2.05) is 0 Å². The first-order valence-corrected chi connectivity index (χ1v) is 7.79. The summed E-state index contributed by atoms with van der Waals surface area (Å²) in [5.74, 6) is -5.38. The second kappa shape index (κ2) is 7.01. The molecule has 3 N–H and O–H groups in total. The number of rotatable bonds is 4. The largest absolute Gasteiger partial charge is 0.481 e. The number of carbonyl (C=O) groups is 2. The van der Waals surface area contributed by atoms with Gasteiger partial charge in [0.05, 0.1) is 11.4 Å². The van der Waals surface area contributed by atoms with E-state index < -0.39 is 29.4 Å². The van der Waals surface area contributed by atoms with Crippen LogP contribution in [0, 0.1) is 17.6 Å². The van der Waals surface area contributed by atoms with Gasteiger partial charge in [0.1, 0.15) is 17.6 Å². The second-order valence-electron chi connectivity index (χ2n) is 5.82. The molecule has 0 saturated carbocycles. The molecule has 134 valence electrons. The minimum absolute atomic E-state index is 0.121. The molecule has 6 nitrogen and oxygen atoms in total. The van der Waals surface area contributed by atoms with Crippen molar-refractivity contribution in [2.75, 3.05) is 5.01 Å². The number of amides is 1. The van der Waals surface area contributed by atoms with Crippen LogP contribution in [0.5, 0.6) is 0 Å². The van der Waals surface area contributed by atoms with Crippen molar-refractivity contribution in [2.24, 2.45) is 16.8 Å². The zero-order valence-electron chi connectivity index (χ0n) is 13.5. The molecule has 0 aliphatic carbocycles. The van der Waals surface area contributed by atoms with Gasteiger partial charge in [-0.1, -0.05) is 24.3 Å². The number of hydrogen-bond acceptors (Lipinski definition) is 4. The van der Waals surface area contributed by atoms with Gasteiger partial charge in [0, 0.05) is 19.0 Å². The van der Waals surface area contributed by atoms with Crippen molar-refractivity contribution in [1.29, 1.82) is 0 Å². The van der Waals surface area contributed by atoms with E-state index in [0.717, 1.165) is 22.7 Å². The highest BCUT2D eigenvalue weighted by molar-refractivity contribution is 6.15. The maximum absolute atomic E-state index is 13.5. The van der Waals surface area contributed by atoms with Crippen LogP contribution >= 0.6 is 0 Å². The van der Waals surface area contributed by atoms with Crippen molar-refractivity contribution < 1.29 is 23.5 Å². The van der Waals surface area contributed by atoms with Gasteiger partial charge in [0.2, 0.25) is 0 Å². The number of anilines is 1. The second-order valence-corrected chi connectivity index (χ2v) is 5.82. The lowest BCUT2D eigenvalue weighted by molar-refractivity contribution is -0.146. The lowest BCUT2D eigenvalue weighted by Gasteiger charge is -2.27. The molecule has 1 aliphatic heterocycles. The molecule has 0 bridgehead atoms. The monoisotopic (exact) mass is 359 g/mol. The van der Waals surface area contributed by atoms with Gasteiger partial charge in [-0.25, -0.2) is 8.78 Å². The normalized spacial score (nSPS) is 17.2. The minimum Gasteiger partial charge on any atom is -0.481 e. The quantitative estimate of drug-likeness (QED) is 0.819. The summed E-state index contributed by atoms with van der Waals surface area (Å²) in [5.41, 5.74) is 7.18. The molecule has 0 saturated heterocycles. The molecule has 8 heteroatoms. The van der Waals surface area contributed by atoms with E-state index in [1.165, 1.54) is 0 Å². The summed E-state index contributed by atoms with van der Waals surface area (Å²) in [6, 6.07) is 9.43. The van der Waals surface area contributed by atoms with Crippen molar-refractivity contribution in [2.45, 2.75) is 13.0 Å². The van der Waals surface area contributed by atoms with E-state index in [2.05, 4.69) is 5.10 Å². The number of carboxylic acid groups (broad SMARTS) is 1. The molecule has 0 radical (unpaired) electrons. The topological polar surface area (TPSA) is 96.0 Å². The van der Waals surface area contributed by atoms with Crippen molar-refractivity contribution >= 4 is 23.3 Å². The van der Waals surface area contributed by atoms with Crippen LogP contribution in [0.1, 0.15) is 17.5 Å². The third-order valence-corrected chi connectivity index (χ3v) is 4.04. The van der Waals surface area contributed by atoms with Crippen LogP contribution in [-0.2, 0) is 16.1 Å². The Balaban J connectivity index is 2.07. The van der Waals surface area contributed by atoms with Crippen molar-refractivity contribution in [3.05, 3.63) is 65.2 Å². The number of benzene rings is 2. The zero-order valence-corrected chi connectivity index (χ0v) is 13.5. The van der Waals surface area contributed by atoms with Crippen molar-refractivity contribution in [3.8, 4) is 0 Å². The van der Waals surface area contributed by atoms with Gasteiger partial charge in [0.15, 0.2) is 0 Å². The summed E-state index contributed by atoms with van der Waals surface area (Å²) in [7, 11) is 0. The lowest BCUT2D eigenvalue weighted by atomic mass is 9.94. The maximum Gasteiger partial charge on any atom is 0.316 e. The molecule has 0 aromatic heterocycles. The number of nitrogens with two attached hydrogens (primary N) is 1. The summed E-state index contributed by atoms with van der Waals surface area (Å²) in [6.07, 6.45) is -0.121. The van der Waals surface area contributed by atoms with E-state index >= 15 is 0 Å². The molecule has 26 heavy (non-hydrogen) atoms. The maximum atomic E-state index is 13.5. The Labute approximate surface area is 147 Å². The van der Waals surface area contributed by atoms with Crippen LogP contribution in [0.4, 0.5) is 14.5 Å². The number of hydrogen-bond donors (Lipinski definition) is 2. The van der Waals surface area contributed by atoms with Gasteiger partial charge in [-0.2, -0.15) is 10.1 Å². The minimum atomic E-state index is -1.40. The van der Waals surface area contributed by atoms with Crippen LogP contribution in [0.3, 0.4) is 0 Å². The van der Waals surface area contributed by atoms with E-state index in [0.29, 0.717) is 23.9 Å². The predicted molar refractivity (Wildman–Crippen MR) is 90.5 cm³/mol. The molecule has 2 aromatic rings. The summed E-state index contributed by atoms with van der Waals surface area (Å²) >= 11 is 0. The average Bonchev–Trinajstić information content (AvgIpc) is 2.61. The summed E-state index contributed by atoms with van der Waals surface area (Å²) in [6.45, 7) is 0.345. The molecule has 1 atom stereocenters. The molecule has 2 aromatic carbocycles. The van der Waals surface area contributed by atoms with E-state index in [4.69, 9.17) is 5.73 Å². The number of carboxylic acids is 1.